The molecule has 2 N–H and O–H groups in total. The molecule has 1 aliphatic rings. The maximum atomic E-state index is 5.83. The molecule has 0 heterocycles. The van der Waals surface area contributed by atoms with E-state index in [9.17, 15) is 0 Å². The smallest absolute Gasteiger partial charge is 0.0406 e. The lowest BCUT2D eigenvalue weighted by Crippen LogP contribution is -2.21. The molecule has 0 aliphatic heterocycles. The van der Waals surface area contributed by atoms with Crippen molar-refractivity contribution in [1.82, 2.24) is 0 Å². The first-order valence-corrected chi connectivity index (χ1v) is 5.03. The number of rotatable bonds is 2. The minimum atomic E-state index is 0.255. The molecule has 1 saturated carbocycles. The molecule has 0 bridgehead atoms. The first-order valence-electron chi connectivity index (χ1n) is 4.65. The van der Waals surface area contributed by atoms with E-state index in [-0.39, 0.29) is 5.41 Å². The second kappa shape index (κ2) is 3.00. The van der Waals surface area contributed by atoms with Crippen molar-refractivity contribution in [3.05, 3.63) is 34.9 Å². The molecule has 1 aromatic carbocycles. The van der Waals surface area contributed by atoms with Crippen molar-refractivity contribution in [2.75, 3.05) is 6.54 Å². The molecule has 0 aromatic heterocycles. The van der Waals surface area contributed by atoms with Crippen molar-refractivity contribution in [1.29, 1.82) is 0 Å². The van der Waals surface area contributed by atoms with Gasteiger partial charge in [0.05, 0.1) is 0 Å². The summed E-state index contributed by atoms with van der Waals surface area (Å²) in [4.78, 5) is 0. The molecular weight excluding hydrogens is 182 g/mol. The fraction of sp³-hybridized carbons (Fsp3) is 0.455. The van der Waals surface area contributed by atoms with Gasteiger partial charge in [-0.3, -0.25) is 0 Å². The van der Waals surface area contributed by atoms with Crippen LogP contribution in [0.15, 0.2) is 24.3 Å². The molecule has 13 heavy (non-hydrogen) atoms. The Balaban J connectivity index is 2.31. The van der Waals surface area contributed by atoms with Crippen molar-refractivity contribution in [3.8, 4) is 0 Å². The third-order valence-electron chi connectivity index (χ3n) is 3.24. The Morgan fingerprint density at radius 3 is 2.38 bits per heavy atom. The lowest BCUT2D eigenvalue weighted by Gasteiger charge is -2.14. The van der Waals surface area contributed by atoms with Crippen LogP contribution in [0, 0.1) is 5.92 Å². The highest BCUT2D eigenvalue weighted by molar-refractivity contribution is 6.30. The summed E-state index contributed by atoms with van der Waals surface area (Å²) < 4.78 is 0. The minimum absolute atomic E-state index is 0.255. The van der Waals surface area contributed by atoms with Crippen LogP contribution < -0.4 is 5.73 Å². The standard InChI is InChI=1S/C11H14ClN/c1-8-6-11(8,7-13)9-2-4-10(12)5-3-9/h2-5,8H,6-7,13H2,1H3. The zero-order valence-electron chi connectivity index (χ0n) is 7.76. The van der Waals surface area contributed by atoms with E-state index in [4.69, 9.17) is 17.3 Å². The largest absolute Gasteiger partial charge is 0.330 e. The van der Waals surface area contributed by atoms with Crippen LogP contribution in [0.1, 0.15) is 18.9 Å². The summed E-state index contributed by atoms with van der Waals surface area (Å²) in [5.74, 6) is 0.721. The van der Waals surface area contributed by atoms with E-state index in [0.717, 1.165) is 17.5 Å². The normalized spacial score (nSPS) is 31.8. The molecule has 1 nitrogen and oxygen atoms in total. The molecule has 2 atom stereocenters. The van der Waals surface area contributed by atoms with Crippen LogP contribution >= 0.6 is 11.6 Å². The van der Waals surface area contributed by atoms with Gasteiger partial charge in [-0.15, -0.1) is 0 Å². The third-order valence-corrected chi connectivity index (χ3v) is 3.49. The van der Waals surface area contributed by atoms with E-state index in [2.05, 4.69) is 19.1 Å². The van der Waals surface area contributed by atoms with Crippen molar-refractivity contribution in [2.45, 2.75) is 18.8 Å². The van der Waals surface area contributed by atoms with Gasteiger partial charge < -0.3 is 5.73 Å². The highest BCUT2D eigenvalue weighted by Gasteiger charge is 2.50. The van der Waals surface area contributed by atoms with E-state index >= 15 is 0 Å². The van der Waals surface area contributed by atoms with Gasteiger partial charge in [-0.25, -0.2) is 0 Å². The summed E-state index contributed by atoms with van der Waals surface area (Å²) in [6.45, 7) is 3.00. The fourth-order valence-corrected chi connectivity index (χ4v) is 2.20. The highest BCUT2D eigenvalue weighted by Crippen LogP contribution is 2.53. The van der Waals surface area contributed by atoms with Crippen LogP contribution in [0.5, 0.6) is 0 Å². The number of hydrogen-bond donors (Lipinski definition) is 1. The lowest BCUT2D eigenvalue weighted by atomic mass is 9.94. The Hall–Kier alpha value is -0.530. The van der Waals surface area contributed by atoms with Gasteiger partial charge in [-0.1, -0.05) is 30.7 Å². The average molecular weight is 196 g/mol. The van der Waals surface area contributed by atoms with E-state index in [1.807, 2.05) is 12.1 Å². The van der Waals surface area contributed by atoms with Gasteiger partial charge in [-0.05, 0) is 30.0 Å². The summed E-state index contributed by atoms with van der Waals surface area (Å²) in [6.07, 6.45) is 1.21. The highest BCUT2D eigenvalue weighted by atomic mass is 35.5. The van der Waals surface area contributed by atoms with Crippen LogP contribution in [0.2, 0.25) is 5.02 Å². The van der Waals surface area contributed by atoms with Gasteiger partial charge in [0.1, 0.15) is 0 Å². The van der Waals surface area contributed by atoms with E-state index in [0.29, 0.717) is 0 Å². The predicted octanol–water partition coefficient (Wildman–Crippen LogP) is 2.58. The molecule has 2 heteroatoms. The van der Waals surface area contributed by atoms with Crippen LogP contribution in [-0.4, -0.2) is 6.54 Å². The molecule has 0 spiro atoms. The number of nitrogens with two attached hydrogens (primary N) is 1. The Morgan fingerprint density at radius 2 is 2.00 bits per heavy atom. The summed E-state index contributed by atoms with van der Waals surface area (Å²) in [7, 11) is 0. The Bertz CT molecular complexity index is 302. The van der Waals surface area contributed by atoms with Gasteiger partial charge in [0.25, 0.3) is 0 Å². The van der Waals surface area contributed by atoms with E-state index < -0.39 is 0 Å². The topological polar surface area (TPSA) is 26.0 Å². The van der Waals surface area contributed by atoms with Gasteiger partial charge in [0, 0.05) is 17.0 Å². The van der Waals surface area contributed by atoms with Crippen molar-refractivity contribution < 1.29 is 0 Å². The summed E-state index contributed by atoms with van der Waals surface area (Å²) in [6, 6.07) is 8.08. The van der Waals surface area contributed by atoms with E-state index in [1.54, 1.807) is 0 Å². The molecule has 1 fully saturated rings. The zero-order chi connectivity index (χ0) is 9.47. The lowest BCUT2D eigenvalue weighted by molar-refractivity contribution is 0.641. The van der Waals surface area contributed by atoms with Gasteiger partial charge in [0.2, 0.25) is 0 Å². The first-order chi connectivity index (χ1) is 6.19. The predicted molar refractivity (Wildman–Crippen MR) is 56.0 cm³/mol. The first kappa shape index (κ1) is 9.04. The number of halogens is 1. The molecule has 0 amide bonds. The minimum Gasteiger partial charge on any atom is -0.330 e. The van der Waals surface area contributed by atoms with Crippen LogP contribution in [-0.2, 0) is 5.41 Å². The van der Waals surface area contributed by atoms with Crippen molar-refractivity contribution in [2.24, 2.45) is 11.7 Å². The van der Waals surface area contributed by atoms with Gasteiger partial charge >= 0.3 is 0 Å². The average Bonchev–Trinajstić information content (AvgIpc) is 2.79. The second-order valence-electron chi connectivity index (χ2n) is 3.97. The fourth-order valence-electron chi connectivity index (χ4n) is 2.07. The Labute approximate surface area is 83.9 Å². The quantitative estimate of drug-likeness (QED) is 0.772. The number of benzene rings is 1. The van der Waals surface area contributed by atoms with Gasteiger partial charge in [0.15, 0.2) is 0 Å². The Kier molecular flexibility index (Phi) is 2.09. The summed E-state index contributed by atoms with van der Waals surface area (Å²) in [5, 5.41) is 0.796. The van der Waals surface area contributed by atoms with Crippen LogP contribution in [0.3, 0.4) is 0 Å². The van der Waals surface area contributed by atoms with Gasteiger partial charge in [-0.2, -0.15) is 0 Å². The SMILES string of the molecule is CC1CC1(CN)c1ccc(Cl)cc1. The molecule has 70 valence electrons. The molecule has 0 radical (unpaired) electrons. The molecule has 1 aliphatic carbocycles. The van der Waals surface area contributed by atoms with Crippen LogP contribution in [0.25, 0.3) is 0 Å². The van der Waals surface area contributed by atoms with Crippen molar-refractivity contribution in [3.63, 3.8) is 0 Å². The summed E-state index contributed by atoms with van der Waals surface area (Å²) >= 11 is 5.83. The molecule has 0 saturated heterocycles. The zero-order valence-corrected chi connectivity index (χ0v) is 8.51. The molecule has 2 rings (SSSR count). The summed E-state index contributed by atoms with van der Waals surface area (Å²) in [5.41, 5.74) is 7.39. The molecular formula is C11H14ClN. The maximum absolute atomic E-state index is 5.83. The van der Waals surface area contributed by atoms with E-state index in [1.165, 1.54) is 12.0 Å². The number of hydrogen-bond acceptors (Lipinski definition) is 1. The third kappa shape index (κ3) is 1.36. The Morgan fingerprint density at radius 1 is 1.46 bits per heavy atom. The molecule has 2 unspecified atom stereocenters. The van der Waals surface area contributed by atoms with Crippen LogP contribution in [0.4, 0.5) is 0 Å². The molecule has 1 aromatic rings. The monoisotopic (exact) mass is 195 g/mol. The second-order valence-corrected chi connectivity index (χ2v) is 4.41. The van der Waals surface area contributed by atoms with Crippen molar-refractivity contribution >= 4 is 11.6 Å². The maximum Gasteiger partial charge on any atom is 0.0406 e.